The highest BCUT2D eigenvalue weighted by molar-refractivity contribution is 6.51. The Kier molecular flexibility index (Phi) is 6.41. The van der Waals surface area contributed by atoms with Crippen LogP contribution in [0.5, 0.6) is 0 Å². The van der Waals surface area contributed by atoms with E-state index in [0.717, 1.165) is 22.5 Å². The Labute approximate surface area is 181 Å². The first-order valence-electron chi connectivity index (χ1n) is 9.98. The third kappa shape index (κ3) is 5.40. The van der Waals surface area contributed by atoms with E-state index in [1.807, 2.05) is 103 Å². The average molecular weight is 403 g/mol. The van der Waals surface area contributed by atoms with E-state index in [1.54, 1.807) is 18.3 Å². The lowest BCUT2D eigenvalue weighted by atomic mass is 10.0. The highest BCUT2D eigenvalue weighted by Gasteiger charge is 2.15. The molecule has 4 rings (SSSR count). The van der Waals surface area contributed by atoms with Gasteiger partial charge in [0.15, 0.2) is 0 Å². The van der Waals surface area contributed by atoms with Gasteiger partial charge in [-0.25, -0.2) is 0 Å². The number of anilines is 2. The van der Waals surface area contributed by atoms with E-state index in [-0.39, 0.29) is 5.78 Å². The summed E-state index contributed by atoms with van der Waals surface area (Å²) in [7, 11) is 0. The zero-order valence-electron chi connectivity index (χ0n) is 16.8. The molecule has 0 aliphatic carbocycles. The molecule has 0 bridgehead atoms. The fourth-order valence-corrected chi connectivity index (χ4v) is 3.05. The number of hydrogen-bond donors (Lipinski definition) is 1. The minimum absolute atomic E-state index is 0.161. The van der Waals surface area contributed by atoms with Crippen molar-refractivity contribution >= 4 is 29.1 Å². The standard InChI is InChI=1S/C27H21N3O/c31-27(23-12-6-2-7-13-23)26(22-10-4-1-5-11-22)30-28-20-21-16-18-25(19-17-21)29-24-14-8-3-9-15-24/h1-20,29H. The molecular weight excluding hydrogens is 382 g/mol. The number of rotatable bonds is 7. The first kappa shape index (κ1) is 20.0. The number of benzene rings is 4. The number of hydrogen-bond acceptors (Lipinski definition) is 4. The van der Waals surface area contributed by atoms with Gasteiger partial charge >= 0.3 is 0 Å². The van der Waals surface area contributed by atoms with Gasteiger partial charge in [-0.15, -0.1) is 5.10 Å². The molecule has 0 heterocycles. The van der Waals surface area contributed by atoms with Crippen LogP contribution in [0.4, 0.5) is 11.4 Å². The van der Waals surface area contributed by atoms with E-state index >= 15 is 0 Å². The van der Waals surface area contributed by atoms with Crippen LogP contribution in [0.2, 0.25) is 0 Å². The van der Waals surface area contributed by atoms with Gasteiger partial charge in [-0.2, -0.15) is 5.10 Å². The van der Waals surface area contributed by atoms with Gasteiger partial charge in [0.05, 0.1) is 6.21 Å². The third-order valence-corrected chi connectivity index (χ3v) is 4.64. The summed E-state index contributed by atoms with van der Waals surface area (Å²) in [5, 5.41) is 11.8. The summed E-state index contributed by atoms with van der Waals surface area (Å²) in [6, 6.07) is 36.3. The molecule has 31 heavy (non-hydrogen) atoms. The Morgan fingerprint density at radius 3 is 1.74 bits per heavy atom. The molecule has 0 atom stereocenters. The van der Waals surface area contributed by atoms with Crippen LogP contribution < -0.4 is 5.32 Å². The smallest absolute Gasteiger partial charge is 0.213 e. The van der Waals surface area contributed by atoms with Gasteiger partial charge in [-0.1, -0.05) is 91.0 Å². The topological polar surface area (TPSA) is 53.8 Å². The van der Waals surface area contributed by atoms with E-state index in [1.165, 1.54) is 0 Å². The lowest BCUT2D eigenvalue weighted by Crippen LogP contribution is -2.15. The van der Waals surface area contributed by atoms with Crippen LogP contribution in [0.3, 0.4) is 0 Å². The van der Waals surface area contributed by atoms with Crippen LogP contribution >= 0.6 is 0 Å². The number of ketones is 1. The zero-order valence-corrected chi connectivity index (χ0v) is 16.8. The minimum Gasteiger partial charge on any atom is -0.356 e. The molecule has 4 aromatic rings. The molecule has 0 radical (unpaired) electrons. The molecule has 1 N–H and O–H groups in total. The molecule has 0 aliphatic rings. The van der Waals surface area contributed by atoms with Crippen LogP contribution in [0.15, 0.2) is 125 Å². The number of nitrogens with zero attached hydrogens (tertiary/aromatic N) is 2. The summed E-state index contributed by atoms with van der Waals surface area (Å²) in [5.74, 6) is -0.161. The van der Waals surface area contributed by atoms with Crippen LogP contribution in [-0.4, -0.2) is 17.7 Å². The monoisotopic (exact) mass is 403 g/mol. The molecule has 4 aromatic carbocycles. The number of para-hydroxylation sites is 1. The molecule has 0 aromatic heterocycles. The number of Topliss-reactive ketones (excluding diaryl/α,β-unsaturated/α-hetero) is 1. The summed E-state index contributed by atoms with van der Waals surface area (Å²) >= 11 is 0. The Bertz CT molecular complexity index is 1180. The average Bonchev–Trinajstić information content (AvgIpc) is 2.84. The second kappa shape index (κ2) is 9.94. The minimum atomic E-state index is -0.161. The maximum Gasteiger partial charge on any atom is 0.213 e. The quantitative estimate of drug-likeness (QED) is 0.229. The van der Waals surface area contributed by atoms with Crippen molar-refractivity contribution in [1.29, 1.82) is 0 Å². The Morgan fingerprint density at radius 2 is 1.13 bits per heavy atom. The van der Waals surface area contributed by atoms with E-state index in [9.17, 15) is 4.79 Å². The Morgan fingerprint density at radius 1 is 0.613 bits per heavy atom. The first-order chi connectivity index (χ1) is 15.3. The molecule has 0 fully saturated rings. The van der Waals surface area contributed by atoms with Gasteiger partial charge in [0.2, 0.25) is 5.78 Å². The maximum absolute atomic E-state index is 13.0. The number of carbonyl (C=O) groups is 1. The van der Waals surface area contributed by atoms with E-state index in [2.05, 4.69) is 15.5 Å². The lowest BCUT2D eigenvalue weighted by Gasteiger charge is -2.06. The molecule has 150 valence electrons. The largest absolute Gasteiger partial charge is 0.356 e. The zero-order chi connectivity index (χ0) is 21.3. The highest BCUT2D eigenvalue weighted by atomic mass is 16.1. The summed E-state index contributed by atoms with van der Waals surface area (Å²) < 4.78 is 0. The van der Waals surface area contributed by atoms with Crippen molar-refractivity contribution in [2.24, 2.45) is 10.2 Å². The van der Waals surface area contributed by atoms with Crippen LogP contribution in [0.25, 0.3) is 0 Å². The fourth-order valence-electron chi connectivity index (χ4n) is 3.05. The molecule has 4 nitrogen and oxygen atoms in total. The second-order valence-corrected chi connectivity index (χ2v) is 6.87. The SMILES string of the molecule is O=C(C(=NN=Cc1ccc(Nc2ccccc2)cc1)c1ccccc1)c1ccccc1. The molecule has 4 heteroatoms. The Hall–Kier alpha value is -4.31. The summed E-state index contributed by atoms with van der Waals surface area (Å²) in [6.45, 7) is 0. The van der Waals surface area contributed by atoms with Crippen molar-refractivity contribution in [2.75, 3.05) is 5.32 Å². The summed E-state index contributed by atoms with van der Waals surface area (Å²) in [5.41, 5.74) is 4.52. The first-order valence-corrected chi connectivity index (χ1v) is 9.98. The molecule has 0 saturated heterocycles. The summed E-state index contributed by atoms with van der Waals surface area (Å²) in [4.78, 5) is 13.0. The molecule has 0 spiro atoms. The van der Waals surface area contributed by atoms with Crippen molar-refractivity contribution in [1.82, 2.24) is 0 Å². The molecular formula is C27H21N3O. The third-order valence-electron chi connectivity index (χ3n) is 4.64. The van der Waals surface area contributed by atoms with Crippen molar-refractivity contribution < 1.29 is 4.79 Å². The van der Waals surface area contributed by atoms with Crippen molar-refractivity contribution in [3.05, 3.63) is 132 Å². The van der Waals surface area contributed by atoms with Gasteiger partial charge in [-0.3, -0.25) is 4.79 Å². The van der Waals surface area contributed by atoms with E-state index < -0.39 is 0 Å². The predicted molar refractivity (Wildman–Crippen MR) is 128 cm³/mol. The van der Waals surface area contributed by atoms with Crippen LogP contribution in [-0.2, 0) is 0 Å². The van der Waals surface area contributed by atoms with Crippen molar-refractivity contribution in [3.8, 4) is 0 Å². The van der Waals surface area contributed by atoms with Crippen LogP contribution in [0.1, 0.15) is 21.5 Å². The van der Waals surface area contributed by atoms with Gasteiger partial charge in [-0.05, 0) is 29.8 Å². The van der Waals surface area contributed by atoms with Crippen LogP contribution in [0, 0.1) is 0 Å². The molecule has 0 aliphatic heterocycles. The van der Waals surface area contributed by atoms with Gasteiger partial charge in [0.1, 0.15) is 5.71 Å². The van der Waals surface area contributed by atoms with E-state index in [4.69, 9.17) is 0 Å². The molecule has 0 unspecified atom stereocenters. The fraction of sp³-hybridized carbons (Fsp3) is 0. The molecule has 0 amide bonds. The summed E-state index contributed by atoms with van der Waals surface area (Å²) in [6.07, 6.45) is 1.65. The normalized spacial score (nSPS) is 11.4. The van der Waals surface area contributed by atoms with Crippen molar-refractivity contribution in [2.45, 2.75) is 0 Å². The van der Waals surface area contributed by atoms with E-state index in [0.29, 0.717) is 11.3 Å². The number of nitrogens with one attached hydrogen (secondary N) is 1. The molecule has 0 saturated carbocycles. The van der Waals surface area contributed by atoms with Gasteiger partial charge in [0, 0.05) is 22.5 Å². The lowest BCUT2D eigenvalue weighted by molar-refractivity contribution is 0.106. The number of carbonyl (C=O) groups excluding carboxylic acids is 1. The maximum atomic E-state index is 13.0. The van der Waals surface area contributed by atoms with Gasteiger partial charge < -0.3 is 5.32 Å². The second-order valence-electron chi connectivity index (χ2n) is 6.87. The highest BCUT2D eigenvalue weighted by Crippen LogP contribution is 2.16. The predicted octanol–water partition coefficient (Wildman–Crippen LogP) is 6.14. The van der Waals surface area contributed by atoms with Gasteiger partial charge in [0.25, 0.3) is 0 Å². The van der Waals surface area contributed by atoms with Crippen molar-refractivity contribution in [3.63, 3.8) is 0 Å². The Balaban J connectivity index is 1.54.